The van der Waals surface area contributed by atoms with Crippen molar-refractivity contribution in [2.45, 2.75) is 39.2 Å². The van der Waals surface area contributed by atoms with Crippen LogP contribution in [0, 0.1) is 17.8 Å². The fraction of sp³-hybridized carbons (Fsp3) is 0.364. The number of rotatable bonds is 4. The van der Waals surface area contributed by atoms with Gasteiger partial charge >= 0.3 is 6.09 Å². The lowest BCUT2D eigenvalue weighted by Crippen LogP contribution is -2.27. The van der Waals surface area contributed by atoms with Crippen molar-refractivity contribution in [2.24, 2.45) is 13.0 Å². The Kier molecular flexibility index (Phi) is 6.39. The van der Waals surface area contributed by atoms with Gasteiger partial charge < -0.3 is 10.1 Å². The Morgan fingerprint density at radius 1 is 1.12 bits per heavy atom. The van der Waals surface area contributed by atoms with Crippen LogP contribution in [0.1, 0.15) is 33.6 Å². The second kappa shape index (κ2) is 9.01. The van der Waals surface area contributed by atoms with Crippen molar-refractivity contribution in [3.8, 4) is 17.7 Å². The largest absolute Gasteiger partial charge is 0.444 e. The molecule has 0 aliphatic heterocycles. The fourth-order valence-electron chi connectivity index (χ4n) is 3.04. The van der Waals surface area contributed by atoms with Crippen LogP contribution in [0.2, 0.25) is 0 Å². The molecule has 1 aliphatic rings. The third-order valence-electron chi connectivity index (χ3n) is 4.56. The summed E-state index contributed by atoms with van der Waals surface area (Å²) in [5.41, 5.74) is 2.06. The summed E-state index contributed by atoms with van der Waals surface area (Å²) in [6.07, 6.45) is 4.84. The summed E-state index contributed by atoms with van der Waals surface area (Å²) in [6.45, 7) is 8.89. The number of nitrogens with one attached hydrogen (secondary N) is 2. The summed E-state index contributed by atoms with van der Waals surface area (Å²) in [6, 6.07) is 5.48. The summed E-state index contributed by atoms with van der Waals surface area (Å²) in [5, 5.41) is 25.4. The van der Waals surface area contributed by atoms with Crippen molar-refractivity contribution in [2.75, 3.05) is 10.6 Å². The first-order valence-corrected chi connectivity index (χ1v) is 10.1. The third kappa shape index (κ3) is 5.57. The molecule has 3 aromatic rings. The van der Waals surface area contributed by atoms with Gasteiger partial charge in [-0.1, -0.05) is 0 Å². The minimum Gasteiger partial charge on any atom is -0.444 e. The number of nitriles is 1. The third-order valence-corrected chi connectivity index (χ3v) is 4.56. The SMILES string of the molecule is C#N.Cn1cc(-c2cc(NC(=O)OC(C)(C)C)c3nnc(NC(=O)C4CC4)cc3c2)cn1. The molecule has 1 saturated carbocycles. The lowest BCUT2D eigenvalue weighted by Gasteiger charge is -2.20. The van der Waals surface area contributed by atoms with Gasteiger partial charge in [0.2, 0.25) is 5.91 Å². The molecule has 1 aliphatic carbocycles. The van der Waals surface area contributed by atoms with Gasteiger partial charge in [0.05, 0.1) is 11.9 Å². The van der Waals surface area contributed by atoms with Gasteiger partial charge in [-0.25, -0.2) is 10.1 Å². The van der Waals surface area contributed by atoms with Gasteiger partial charge in [0.25, 0.3) is 0 Å². The molecule has 0 spiro atoms. The Balaban J connectivity index is 0.00000141. The number of amides is 2. The molecule has 2 amide bonds. The van der Waals surface area contributed by atoms with Crippen LogP contribution >= 0.6 is 0 Å². The average molecular weight is 435 g/mol. The molecule has 166 valence electrons. The first-order chi connectivity index (χ1) is 15.2. The molecule has 4 rings (SSSR count). The zero-order chi connectivity index (χ0) is 23.5. The maximum atomic E-state index is 12.4. The fourth-order valence-corrected chi connectivity index (χ4v) is 3.04. The number of carbonyl (C=O) groups excluding carboxylic acids is 2. The van der Waals surface area contributed by atoms with Crippen LogP contribution in [0.25, 0.3) is 22.0 Å². The lowest BCUT2D eigenvalue weighted by molar-refractivity contribution is -0.117. The Bertz CT molecular complexity index is 1170. The number of aryl methyl sites for hydroxylation is 1. The van der Waals surface area contributed by atoms with E-state index in [2.05, 4.69) is 32.5 Å². The van der Waals surface area contributed by atoms with Gasteiger partial charge in [0.15, 0.2) is 5.82 Å². The number of aromatic nitrogens is 4. The Morgan fingerprint density at radius 3 is 2.44 bits per heavy atom. The molecular weight excluding hydrogens is 410 g/mol. The van der Waals surface area contributed by atoms with Gasteiger partial charge in [-0.05, 0) is 57.4 Å². The molecule has 0 atom stereocenters. The summed E-state index contributed by atoms with van der Waals surface area (Å²) in [4.78, 5) is 24.4. The van der Waals surface area contributed by atoms with E-state index in [4.69, 9.17) is 10.00 Å². The van der Waals surface area contributed by atoms with Crippen molar-refractivity contribution in [1.82, 2.24) is 20.0 Å². The highest BCUT2D eigenvalue weighted by Gasteiger charge is 2.30. The quantitative estimate of drug-likeness (QED) is 0.635. The van der Waals surface area contributed by atoms with Crippen molar-refractivity contribution < 1.29 is 14.3 Å². The number of fused-ring (bicyclic) bond motifs is 1. The molecule has 10 nitrogen and oxygen atoms in total. The predicted molar refractivity (Wildman–Crippen MR) is 120 cm³/mol. The first-order valence-electron chi connectivity index (χ1n) is 10.1. The van der Waals surface area contributed by atoms with E-state index in [0.717, 1.165) is 29.4 Å². The number of nitrogens with zero attached hydrogens (tertiary/aromatic N) is 5. The number of benzene rings is 1. The van der Waals surface area contributed by atoms with Crippen LogP contribution in [0.3, 0.4) is 0 Å². The summed E-state index contributed by atoms with van der Waals surface area (Å²) < 4.78 is 7.08. The van der Waals surface area contributed by atoms with E-state index in [-0.39, 0.29) is 11.8 Å². The molecular formula is C22H25N7O3. The van der Waals surface area contributed by atoms with E-state index < -0.39 is 11.7 Å². The molecule has 10 heteroatoms. The van der Waals surface area contributed by atoms with Crippen molar-refractivity contribution in [1.29, 1.82) is 5.26 Å². The Hall–Kier alpha value is -4.00. The molecule has 0 bridgehead atoms. The van der Waals surface area contributed by atoms with Gasteiger partial charge in [0, 0.05) is 36.7 Å². The Morgan fingerprint density at radius 2 is 1.84 bits per heavy atom. The Labute approximate surface area is 185 Å². The lowest BCUT2D eigenvalue weighted by atomic mass is 10.0. The molecule has 2 aromatic heterocycles. The molecule has 32 heavy (non-hydrogen) atoms. The van der Waals surface area contributed by atoms with E-state index in [0.29, 0.717) is 17.0 Å². The van der Waals surface area contributed by atoms with Crippen molar-refractivity contribution in [3.63, 3.8) is 0 Å². The highest BCUT2D eigenvalue weighted by molar-refractivity contribution is 6.02. The molecule has 0 radical (unpaired) electrons. The molecule has 2 heterocycles. The van der Waals surface area contributed by atoms with Crippen LogP contribution in [0.15, 0.2) is 30.6 Å². The predicted octanol–water partition coefficient (Wildman–Crippen LogP) is 3.87. The topological polar surface area (TPSA) is 135 Å². The number of anilines is 2. The zero-order valence-corrected chi connectivity index (χ0v) is 18.4. The van der Waals surface area contributed by atoms with Crippen molar-refractivity contribution in [3.05, 3.63) is 30.6 Å². The maximum Gasteiger partial charge on any atom is 0.412 e. The number of hydrogen-bond donors (Lipinski definition) is 2. The second-order valence-corrected chi connectivity index (χ2v) is 8.48. The molecule has 0 saturated heterocycles. The van der Waals surface area contributed by atoms with Crippen LogP contribution in [0.4, 0.5) is 16.3 Å². The smallest absolute Gasteiger partial charge is 0.412 e. The van der Waals surface area contributed by atoms with Gasteiger partial charge in [-0.15, -0.1) is 10.2 Å². The van der Waals surface area contributed by atoms with Gasteiger partial charge in [-0.3, -0.25) is 14.8 Å². The number of ether oxygens (including phenoxy) is 1. The molecule has 1 aromatic carbocycles. The minimum absolute atomic E-state index is 0.0424. The monoisotopic (exact) mass is 435 g/mol. The molecule has 2 N–H and O–H groups in total. The van der Waals surface area contributed by atoms with E-state index in [9.17, 15) is 9.59 Å². The number of hydrogen-bond acceptors (Lipinski definition) is 7. The number of carbonyl (C=O) groups is 2. The van der Waals surface area contributed by atoms with Gasteiger partial charge in [0.1, 0.15) is 11.1 Å². The van der Waals surface area contributed by atoms with Crippen LogP contribution in [-0.4, -0.2) is 37.6 Å². The van der Waals surface area contributed by atoms with E-state index in [1.165, 1.54) is 0 Å². The second-order valence-electron chi connectivity index (χ2n) is 8.48. The zero-order valence-electron chi connectivity index (χ0n) is 18.4. The normalized spacial score (nSPS) is 13.1. The minimum atomic E-state index is -0.632. The highest BCUT2D eigenvalue weighted by atomic mass is 16.6. The highest BCUT2D eigenvalue weighted by Crippen LogP contribution is 2.32. The summed E-state index contributed by atoms with van der Waals surface area (Å²) in [5.74, 6) is 0.402. The van der Waals surface area contributed by atoms with Gasteiger partial charge in [-0.2, -0.15) is 5.10 Å². The van der Waals surface area contributed by atoms with E-state index >= 15 is 0 Å². The summed E-state index contributed by atoms with van der Waals surface area (Å²) in [7, 11) is 1.83. The standard InChI is InChI=1S/C21H24N6O3.CHN/c1-21(2,3)30-20(29)23-16-8-13(15-10-22-27(4)11-15)7-14-9-17(25-26-18(14)16)24-19(28)12-5-6-12;1-2/h7-12H,5-6H2,1-4H3,(H,23,29)(H,24,25,28);1H. The molecule has 0 unspecified atom stereocenters. The molecule has 1 fully saturated rings. The first kappa shape index (κ1) is 22.7. The van der Waals surface area contributed by atoms with Crippen LogP contribution in [-0.2, 0) is 16.6 Å². The van der Waals surface area contributed by atoms with Crippen molar-refractivity contribution >= 4 is 34.4 Å². The van der Waals surface area contributed by atoms with E-state index in [1.807, 2.05) is 19.3 Å². The summed E-state index contributed by atoms with van der Waals surface area (Å²) >= 11 is 0. The maximum absolute atomic E-state index is 12.4. The average Bonchev–Trinajstić information content (AvgIpc) is 3.48. The van der Waals surface area contributed by atoms with Crippen LogP contribution in [0.5, 0.6) is 0 Å². The van der Waals surface area contributed by atoms with Crippen LogP contribution < -0.4 is 10.6 Å². The van der Waals surface area contributed by atoms with E-state index in [1.54, 1.807) is 43.8 Å².